The van der Waals surface area contributed by atoms with E-state index in [0.29, 0.717) is 18.0 Å². The standard InChI is InChI=1S/C23H22N2O4/c1-17-9-11-19(12-10-17)24-23(28)21-8-4-14-25(21)13-3-6-18-5-2-7-20(15-18)29-16-22(26)27/h2-12,14-15H,13,16H2,1H3,(H,24,28)(H,26,27). The van der Waals surface area contributed by atoms with Crippen molar-refractivity contribution in [3.05, 3.63) is 89.8 Å². The molecular weight excluding hydrogens is 368 g/mol. The third-order valence-electron chi connectivity index (χ3n) is 4.20. The number of aliphatic carboxylic acids is 1. The molecule has 0 aliphatic carbocycles. The number of ether oxygens (including phenoxy) is 1. The van der Waals surface area contributed by atoms with Crippen LogP contribution in [0.25, 0.3) is 6.08 Å². The highest BCUT2D eigenvalue weighted by Crippen LogP contribution is 2.15. The van der Waals surface area contributed by atoms with Crippen LogP contribution in [-0.4, -0.2) is 28.2 Å². The van der Waals surface area contributed by atoms with E-state index in [0.717, 1.165) is 16.8 Å². The molecule has 0 bridgehead atoms. The third kappa shape index (κ3) is 5.84. The molecule has 6 heteroatoms. The molecule has 0 spiro atoms. The van der Waals surface area contributed by atoms with Crippen LogP contribution in [0.1, 0.15) is 21.6 Å². The monoisotopic (exact) mass is 390 g/mol. The average molecular weight is 390 g/mol. The normalized spacial score (nSPS) is 10.8. The summed E-state index contributed by atoms with van der Waals surface area (Å²) in [4.78, 5) is 23.2. The first kappa shape index (κ1) is 19.9. The minimum atomic E-state index is -1.02. The van der Waals surface area contributed by atoms with Crippen LogP contribution in [0.4, 0.5) is 5.69 Å². The van der Waals surface area contributed by atoms with Gasteiger partial charge < -0.3 is 19.7 Å². The number of rotatable bonds is 8. The molecule has 29 heavy (non-hydrogen) atoms. The van der Waals surface area contributed by atoms with Gasteiger partial charge in [0.1, 0.15) is 11.4 Å². The van der Waals surface area contributed by atoms with Crippen LogP contribution in [0.3, 0.4) is 0 Å². The van der Waals surface area contributed by atoms with Gasteiger partial charge in [-0.1, -0.05) is 42.0 Å². The Balaban J connectivity index is 1.62. The predicted octanol–water partition coefficient (Wildman–Crippen LogP) is 4.23. The smallest absolute Gasteiger partial charge is 0.341 e. The van der Waals surface area contributed by atoms with E-state index < -0.39 is 5.97 Å². The summed E-state index contributed by atoms with van der Waals surface area (Å²) in [5.41, 5.74) is 3.33. The Kier molecular flexibility index (Phi) is 6.47. The van der Waals surface area contributed by atoms with E-state index in [-0.39, 0.29) is 12.5 Å². The summed E-state index contributed by atoms with van der Waals surface area (Å²) in [6.45, 7) is 2.14. The van der Waals surface area contributed by atoms with Crippen LogP contribution in [0.5, 0.6) is 5.75 Å². The zero-order valence-corrected chi connectivity index (χ0v) is 16.0. The number of carboxylic acid groups (broad SMARTS) is 1. The minimum absolute atomic E-state index is 0.170. The van der Waals surface area contributed by atoms with Crippen molar-refractivity contribution in [1.82, 2.24) is 4.57 Å². The first-order valence-electron chi connectivity index (χ1n) is 9.15. The number of carboxylic acids is 1. The summed E-state index contributed by atoms with van der Waals surface area (Å²) < 4.78 is 7.04. The number of benzene rings is 2. The van der Waals surface area contributed by atoms with E-state index >= 15 is 0 Å². The lowest BCUT2D eigenvalue weighted by Crippen LogP contribution is -2.16. The zero-order valence-electron chi connectivity index (χ0n) is 16.0. The van der Waals surface area contributed by atoms with Gasteiger partial charge >= 0.3 is 5.97 Å². The Morgan fingerprint density at radius 2 is 1.90 bits per heavy atom. The van der Waals surface area contributed by atoms with Crippen molar-refractivity contribution in [2.75, 3.05) is 11.9 Å². The van der Waals surface area contributed by atoms with Gasteiger partial charge in [-0.3, -0.25) is 4.79 Å². The van der Waals surface area contributed by atoms with Crippen molar-refractivity contribution in [2.45, 2.75) is 13.5 Å². The molecule has 0 saturated carbocycles. The zero-order chi connectivity index (χ0) is 20.6. The Labute approximate surface area is 169 Å². The fourth-order valence-corrected chi connectivity index (χ4v) is 2.77. The summed E-state index contributed by atoms with van der Waals surface area (Å²) in [5, 5.41) is 11.6. The number of hydrogen-bond acceptors (Lipinski definition) is 3. The van der Waals surface area contributed by atoms with Gasteiger partial charge in [0.05, 0.1) is 0 Å². The molecule has 1 heterocycles. The molecule has 0 aliphatic heterocycles. The van der Waals surface area contributed by atoms with Gasteiger partial charge in [0.15, 0.2) is 6.61 Å². The van der Waals surface area contributed by atoms with Crippen molar-refractivity contribution in [3.8, 4) is 5.75 Å². The minimum Gasteiger partial charge on any atom is -0.482 e. The highest BCUT2D eigenvalue weighted by molar-refractivity contribution is 6.03. The molecule has 148 valence electrons. The second-order valence-electron chi connectivity index (χ2n) is 6.52. The van der Waals surface area contributed by atoms with Gasteiger partial charge in [0, 0.05) is 18.4 Å². The summed E-state index contributed by atoms with van der Waals surface area (Å²) in [7, 11) is 0. The summed E-state index contributed by atoms with van der Waals surface area (Å²) in [5.74, 6) is -0.694. The van der Waals surface area contributed by atoms with Crippen LogP contribution in [-0.2, 0) is 11.3 Å². The number of amides is 1. The molecule has 0 radical (unpaired) electrons. The maximum atomic E-state index is 12.6. The molecule has 3 rings (SSSR count). The van der Waals surface area contributed by atoms with Crippen molar-refractivity contribution in [1.29, 1.82) is 0 Å². The Bertz CT molecular complexity index is 1020. The lowest BCUT2D eigenvalue weighted by molar-refractivity contribution is -0.139. The Morgan fingerprint density at radius 1 is 1.10 bits per heavy atom. The molecule has 2 N–H and O–H groups in total. The summed E-state index contributed by atoms with van der Waals surface area (Å²) in [6, 6.07) is 18.4. The number of carbonyl (C=O) groups is 2. The van der Waals surface area contributed by atoms with Crippen LogP contribution in [0, 0.1) is 6.92 Å². The van der Waals surface area contributed by atoms with Crippen molar-refractivity contribution in [3.63, 3.8) is 0 Å². The van der Waals surface area contributed by atoms with Gasteiger partial charge in [0.25, 0.3) is 5.91 Å². The molecular formula is C23H22N2O4. The fourth-order valence-electron chi connectivity index (χ4n) is 2.77. The van der Waals surface area contributed by atoms with Gasteiger partial charge in [-0.05, 0) is 48.9 Å². The Morgan fingerprint density at radius 3 is 2.66 bits per heavy atom. The molecule has 3 aromatic rings. The van der Waals surface area contributed by atoms with Crippen LogP contribution < -0.4 is 10.1 Å². The van der Waals surface area contributed by atoms with Crippen molar-refractivity contribution >= 4 is 23.6 Å². The number of allylic oxidation sites excluding steroid dienone is 1. The second-order valence-corrected chi connectivity index (χ2v) is 6.52. The fraction of sp³-hybridized carbons (Fsp3) is 0.130. The van der Waals surface area contributed by atoms with E-state index in [9.17, 15) is 9.59 Å². The lowest BCUT2D eigenvalue weighted by atomic mass is 10.2. The van der Waals surface area contributed by atoms with Gasteiger partial charge in [-0.15, -0.1) is 0 Å². The van der Waals surface area contributed by atoms with Crippen LogP contribution in [0.15, 0.2) is 72.9 Å². The second kappa shape index (κ2) is 9.41. The first-order valence-corrected chi connectivity index (χ1v) is 9.15. The van der Waals surface area contributed by atoms with E-state index in [1.165, 1.54) is 0 Å². The number of anilines is 1. The number of hydrogen-bond donors (Lipinski definition) is 2. The topological polar surface area (TPSA) is 80.6 Å². The molecule has 1 amide bonds. The lowest BCUT2D eigenvalue weighted by Gasteiger charge is -2.08. The number of carbonyl (C=O) groups excluding carboxylic acids is 1. The van der Waals surface area contributed by atoms with Crippen molar-refractivity contribution in [2.24, 2.45) is 0 Å². The van der Waals surface area contributed by atoms with Crippen LogP contribution >= 0.6 is 0 Å². The predicted molar refractivity (Wildman–Crippen MR) is 112 cm³/mol. The number of nitrogens with zero attached hydrogens (tertiary/aromatic N) is 1. The summed E-state index contributed by atoms with van der Waals surface area (Å²) >= 11 is 0. The molecule has 0 aliphatic rings. The van der Waals surface area contributed by atoms with Gasteiger partial charge in [-0.2, -0.15) is 0 Å². The van der Waals surface area contributed by atoms with E-state index in [2.05, 4.69) is 5.32 Å². The molecule has 0 unspecified atom stereocenters. The molecule has 0 saturated heterocycles. The van der Waals surface area contributed by atoms with Gasteiger partial charge in [0.2, 0.25) is 0 Å². The number of aromatic nitrogens is 1. The average Bonchev–Trinajstić information content (AvgIpc) is 3.17. The highest BCUT2D eigenvalue weighted by atomic mass is 16.5. The third-order valence-corrected chi connectivity index (χ3v) is 4.20. The molecule has 0 fully saturated rings. The SMILES string of the molecule is Cc1ccc(NC(=O)c2cccn2CC=Cc2cccc(OCC(=O)O)c2)cc1. The molecule has 1 aromatic heterocycles. The first-order chi connectivity index (χ1) is 14.0. The van der Waals surface area contributed by atoms with Crippen LogP contribution in [0.2, 0.25) is 0 Å². The summed E-state index contributed by atoms with van der Waals surface area (Å²) in [6.07, 6.45) is 5.68. The number of aryl methyl sites for hydroxylation is 1. The molecule has 0 atom stereocenters. The van der Waals surface area contributed by atoms with E-state index in [1.54, 1.807) is 24.3 Å². The van der Waals surface area contributed by atoms with Crippen molar-refractivity contribution < 1.29 is 19.4 Å². The Hall–Kier alpha value is -3.80. The van der Waals surface area contributed by atoms with E-state index in [1.807, 2.05) is 66.2 Å². The number of nitrogens with one attached hydrogen (secondary N) is 1. The quantitative estimate of drug-likeness (QED) is 0.603. The largest absolute Gasteiger partial charge is 0.482 e. The van der Waals surface area contributed by atoms with Gasteiger partial charge in [-0.25, -0.2) is 4.79 Å². The molecule has 2 aromatic carbocycles. The maximum absolute atomic E-state index is 12.6. The highest BCUT2D eigenvalue weighted by Gasteiger charge is 2.10. The molecule has 6 nitrogen and oxygen atoms in total. The maximum Gasteiger partial charge on any atom is 0.341 e. The van der Waals surface area contributed by atoms with E-state index in [4.69, 9.17) is 9.84 Å².